The first-order valence-corrected chi connectivity index (χ1v) is 6.15. The molecule has 1 heterocycles. The van der Waals surface area contributed by atoms with E-state index in [1.165, 1.54) is 5.01 Å². The maximum Gasteiger partial charge on any atom is 0.304 e. The van der Waals surface area contributed by atoms with Crippen molar-refractivity contribution in [3.8, 4) is 0 Å². The summed E-state index contributed by atoms with van der Waals surface area (Å²) in [6.07, 6.45) is -0.221. The second-order valence-corrected chi connectivity index (χ2v) is 4.93. The Balaban J connectivity index is 2.25. The minimum atomic E-state index is -0.999. The Kier molecular flexibility index (Phi) is 3.47. The number of nitrogens with zero attached hydrogens (tertiary/aromatic N) is 2. The van der Waals surface area contributed by atoms with E-state index in [4.69, 9.17) is 5.11 Å². The van der Waals surface area contributed by atoms with Gasteiger partial charge in [-0.2, -0.15) is 5.10 Å². The van der Waals surface area contributed by atoms with Gasteiger partial charge < -0.3 is 5.11 Å². The number of hydrogen-bond donors (Lipinski definition) is 1. The van der Waals surface area contributed by atoms with Gasteiger partial charge in [0.15, 0.2) is 0 Å². The third-order valence-electron chi connectivity index (χ3n) is 2.72. The highest BCUT2D eigenvalue weighted by atomic mass is 79.9. The number of benzene rings is 1. The van der Waals surface area contributed by atoms with Gasteiger partial charge in [0.25, 0.3) is 5.91 Å². The van der Waals surface area contributed by atoms with Crippen LogP contribution >= 0.6 is 15.9 Å². The summed E-state index contributed by atoms with van der Waals surface area (Å²) in [7, 11) is 0. The van der Waals surface area contributed by atoms with Crippen LogP contribution in [0, 0.1) is 5.92 Å². The van der Waals surface area contributed by atoms with Crippen LogP contribution in [0.5, 0.6) is 0 Å². The molecule has 0 aromatic heterocycles. The van der Waals surface area contributed by atoms with Gasteiger partial charge in [0.05, 0.1) is 18.0 Å². The van der Waals surface area contributed by atoms with Crippen molar-refractivity contribution in [3.63, 3.8) is 0 Å². The lowest BCUT2D eigenvalue weighted by atomic mass is 10.0. The second-order valence-electron chi connectivity index (χ2n) is 4.02. The van der Waals surface area contributed by atoms with E-state index < -0.39 is 11.9 Å². The molecule has 18 heavy (non-hydrogen) atoms. The van der Waals surface area contributed by atoms with E-state index >= 15 is 0 Å². The van der Waals surface area contributed by atoms with Crippen LogP contribution in [0.2, 0.25) is 0 Å². The Morgan fingerprint density at radius 1 is 1.44 bits per heavy atom. The monoisotopic (exact) mass is 310 g/mol. The molecule has 0 radical (unpaired) electrons. The highest BCUT2D eigenvalue weighted by molar-refractivity contribution is 9.10. The highest BCUT2D eigenvalue weighted by Gasteiger charge is 2.35. The van der Waals surface area contributed by atoms with E-state index in [1.54, 1.807) is 31.2 Å². The van der Waals surface area contributed by atoms with Crippen molar-refractivity contribution in [2.75, 3.05) is 5.01 Å². The number of carbonyl (C=O) groups is 2. The van der Waals surface area contributed by atoms with Gasteiger partial charge >= 0.3 is 5.97 Å². The van der Waals surface area contributed by atoms with Crippen molar-refractivity contribution in [2.45, 2.75) is 13.3 Å². The summed E-state index contributed by atoms with van der Waals surface area (Å²) in [6, 6.07) is 7.11. The number of rotatable bonds is 3. The van der Waals surface area contributed by atoms with Crippen molar-refractivity contribution >= 4 is 39.2 Å². The molecule has 1 aliphatic rings. The molecule has 6 heteroatoms. The summed E-state index contributed by atoms with van der Waals surface area (Å²) in [5.41, 5.74) is 1.17. The lowest BCUT2D eigenvalue weighted by molar-refractivity contribution is -0.139. The van der Waals surface area contributed by atoms with E-state index in [2.05, 4.69) is 21.0 Å². The van der Waals surface area contributed by atoms with Crippen LogP contribution in [0.3, 0.4) is 0 Å². The number of aliphatic carboxylic acids is 1. The fourth-order valence-corrected chi connectivity index (χ4v) is 2.04. The molecule has 1 aromatic rings. The van der Waals surface area contributed by atoms with Crippen LogP contribution in [0.25, 0.3) is 0 Å². The Morgan fingerprint density at radius 2 is 2.06 bits per heavy atom. The fourth-order valence-electron chi connectivity index (χ4n) is 1.78. The van der Waals surface area contributed by atoms with Crippen LogP contribution in [-0.4, -0.2) is 22.7 Å². The molecule has 1 atom stereocenters. The topological polar surface area (TPSA) is 70.0 Å². The lowest BCUT2D eigenvalue weighted by Gasteiger charge is -2.13. The molecule has 0 fully saturated rings. The maximum atomic E-state index is 12.1. The quantitative estimate of drug-likeness (QED) is 0.931. The van der Waals surface area contributed by atoms with E-state index in [9.17, 15) is 9.59 Å². The Bertz CT molecular complexity index is 525. The van der Waals surface area contributed by atoms with E-state index in [-0.39, 0.29) is 12.3 Å². The predicted octanol–water partition coefficient (Wildman–Crippen LogP) is 2.26. The van der Waals surface area contributed by atoms with Gasteiger partial charge in [-0.25, -0.2) is 5.01 Å². The number of hydrogen-bond acceptors (Lipinski definition) is 3. The average molecular weight is 311 g/mol. The lowest BCUT2D eigenvalue weighted by Crippen LogP contribution is -2.28. The molecule has 0 saturated heterocycles. The van der Waals surface area contributed by atoms with Gasteiger partial charge in [-0.15, -0.1) is 0 Å². The molecule has 5 nitrogen and oxygen atoms in total. The third kappa shape index (κ3) is 2.43. The number of halogens is 1. The molecule has 0 spiro atoms. The van der Waals surface area contributed by atoms with E-state index in [1.807, 2.05) is 0 Å². The van der Waals surface area contributed by atoms with Gasteiger partial charge in [0.2, 0.25) is 0 Å². The predicted molar refractivity (Wildman–Crippen MR) is 70.5 cm³/mol. The second kappa shape index (κ2) is 4.89. The van der Waals surface area contributed by atoms with Crippen molar-refractivity contribution in [3.05, 3.63) is 28.7 Å². The molecule has 0 aliphatic carbocycles. The minimum Gasteiger partial charge on any atom is -0.481 e. The van der Waals surface area contributed by atoms with E-state index in [0.717, 1.165) is 4.47 Å². The SMILES string of the molecule is CC1=NN(c2ccc(Br)cc2)C(=O)C1CC(=O)O. The van der Waals surface area contributed by atoms with E-state index in [0.29, 0.717) is 11.4 Å². The molecule has 1 unspecified atom stereocenters. The van der Waals surface area contributed by atoms with Crippen molar-refractivity contribution in [2.24, 2.45) is 11.0 Å². The van der Waals surface area contributed by atoms with Crippen LogP contribution in [0.15, 0.2) is 33.8 Å². The van der Waals surface area contributed by atoms with Crippen LogP contribution in [0.4, 0.5) is 5.69 Å². The number of carboxylic acid groups (broad SMARTS) is 1. The largest absolute Gasteiger partial charge is 0.481 e. The fraction of sp³-hybridized carbons (Fsp3) is 0.250. The highest BCUT2D eigenvalue weighted by Crippen LogP contribution is 2.26. The van der Waals surface area contributed by atoms with Gasteiger partial charge in [0.1, 0.15) is 0 Å². The third-order valence-corrected chi connectivity index (χ3v) is 3.25. The molecular formula is C12H11BrN2O3. The van der Waals surface area contributed by atoms with Crippen molar-refractivity contribution in [1.82, 2.24) is 0 Å². The first-order chi connectivity index (χ1) is 8.49. The van der Waals surface area contributed by atoms with Gasteiger partial charge in [0, 0.05) is 10.2 Å². The van der Waals surface area contributed by atoms with Crippen molar-refractivity contribution in [1.29, 1.82) is 0 Å². The molecule has 0 saturated carbocycles. The summed E-state index contributed by atoms with van der Waals surface area (Å²) in [5.74, 6) is -1.95. The molecule has 1 N–H and O–H groups in total. The van der Waals surface area contributed by atoms with Crippen molar-refractivity contribution < 1.29 is 14.7 Å². The molecule has 1 aliphatic heterocycles. The summed E-state index contributed by atoms with van der Waals surface area (Å²) < 4.78 is 0.903. The molecule has 1 aromatic carbocycles. The Labute approximate surface area is 112 Å². The normalized spacial score (nSPS) is 19.0. The number of hydrazone groups is 1. The summed E-state index contributed by atoms with van der Waals surface area (Å²) >= 11 is 3.31. The Morgan fingerprint density at radius 3 is 2.61 bits per heavy atom. The number of anilines is 1. The van der Waals surface area contributed by atoms with Crippen LogP contribution in [0.1, 0.15) is 13.3 Å². The standard InChI is InChI=1S/C12H11BrN2O3/c1-7-10(6-11(16)17)12(18)15(14-7)9-4-2-8(13)3-5-9/h2-5,10H,6H2,1H3,(H,16,17). The molecule has 2 rings (SSSR count). The molecular weight excluding hydrogens is 300 g/mol. The van der Waals surface area contributed by atoms with Crippen LogP contribution < -0.4 is 5.01 Å². The summed E-state index contributed by atoms with van der Waals surface area (Å²) in [5, 5.41) is 14.2. The molecule has 94 valence electrons. The van der Waals surface area contributed by atoms with Gasteiger partial charge in [-0.1, -0.05) is 15.9 Å². The molecule has 1 amide bonds. The zero-order valence-corrected chi connectivity index (χ0v) is 11.2. The maximum absolute atomic E-state index is 12.1. The number of carboxylic acids is 1. The Hall–Kier alpha value is -1.69. The average Bonchev–Trinajstić information content (AvgIpc) is 2.58. The number of amides is 1. The summed E-state index contributed by atoms with van der Waals surface area (Å²) in [4.78, 5) is 22.8. The number of carbonyl (C=O) groups excluding carboxylic acids is 1. The summed E-state index contributed by atoms with van der Waals surface area (Å²) in [6.45, 7) is 1.67. The first kappa shape index (κ1) is 12.8. The van der Waals surface area contributed by atoms with Gasteiger partial charge in [-0.3, -0.25) is 9.59 Å². The van der Waals surface area contributed by atoms with Gasteiger partial charge in [-0.05, 0) is 31.2 Å². The van der Waals surface area contributed by atoms with Crippen LogP contribution in [-0.2, 0) is 9.59 Å². The first-order valence-electron chi connectivity index (χ1n) is 5.35. The molecule has 0 bridgehead atoms. The minimum absolute atomic E-state index is 0.221. The zero-order chi connectivity index (χ0) is 13.3. The zero-order valence-electron chi connectivity index (χ0n) is 9.63. The smallest absolute Gasteiger partial charge is 0.304 e.